The van der Waals surface area contributed by atoms with Gasteiger partial charge in [-0.3, -0.25) is 4.90 Å². The number of nitrogens with one attached hydrogen (secondary N) is 1. The molecule has 4 heterocycles. The summed E-state index contributed by atoms with van der Waals surface area (Å²) in [6.07, 6.45) is 2.23. The van der Waals surface area contributed by atoms with Crippen LogP contribution in [-0.4, -0.2) is 65.0 Å². The summed E-state index contributed by atoms with van der Waals surface area (Å²) in [7, 11) is 1.39. The number of rotatable bonds is 4. The molecule has 0 aliphatic carbocycles. The first-order valence-corrected chi connectivity index (χ1v) is 14.0. The predicted octanol–water partition coefficient (Wildman–Crippen LogP) is 6.53. The van der Waals surface area contributed by atoms with Crippen LogP contribution in [0.2, 0.25) is 0 Å². The summed E-state index contributed by atoms with van der Waals surface area (Å²) in [4.78, 5) is 36.6. The van der Waals surface area contributed by atoms with Gasteiger partial charge in [-0.05, 0) is 66.9 Å². The summed E-state index contributed by atoms with van der Waals surface area (Å²) in [6, 6.07) is 1.31. The Morgan fingerprint density at radius 3 is 2.40 bits per heavy atom. The Balaban J connectivity index is 1.67. The molecular weight excluding hydrogens is 548 g/mol. The molecule has 2 aromatic rings. The van der Waals surface area contributed by atoms with Gasteiger partial charge < -0.3 is 24.4 Å². The average Bonchev–Trinajstić information content (AvgIpc) is 3.18. The lowest BCUT2D eigenvalue weighted by Gasteiger charge is -2.25. The molecule has 0 saturated heterocycles. The first-order valence-electron chi connectivity index (χ1n) is 14.0. The van der Waals surface area contributed by atoms with Crippen LogP contribution < -0.4 is 15.0 Å². The van der Waals surface area contributed by atoms with E-state index in [9.17, 15) is 9.59 Å². The zero-order valence-corrected chi connectivity index (χ0v) is 25.5. The van der Waals surface area contributed by atoms with E-state index in [1.807, 2.05) is 26.8 Å². The first kappa shape index (κ1) is 31.0. The highest BCUT2D eigenvalue weighted by atomic mass is 19.1. The van der Waals surface area contributed by atoms with Crippen LogP contribution in [0, 0.1) is 18.6 Å². The van der Waals surface area contributed by atoms with Crippen LogP contribution in [0.3, 0.4) is 0 Å². The summed E-state index contributed by atoms with van der Waals surface area (Å²) in [5.74, 6) is -0.986. The molecule has 2 aromatic heterocycles. The third kappa shape index (κ3) is 7.08. The maximum atomic E-state index is 16.2. The third-order valence-corrected chi connectivity index (χ3v) is 6.53. The Hall–Kier alpha value is -3.96. The van der Waals surface area contributed by atoms with Gasteiger partial charge in [-0.15, -0.1) is 0 Å². The predicted molar refractivity (Wildman–Crippen MR) is 155 cm³/mol. The number of hydrogen-bond donors (Lipinski definition) is 1. The molecule has 10 nitrogen and oxygen atoms in total. The normalized spacial score (nSPS) is 15.3. The second-order valence-corrected chi connectivity index (χ2v) is 12.4. The minimum Gasteiger partial charge on any atom is -0.491 e. The van der Waals surface area contributed by atoms with Crippen LogP contribution in [0.5, 0.6) is 5.75 Å². The average molecular weight is 588 g/mol. The van der Waals surface area contributed by atoms with Crippen molar-refractivity contribution in [3.63, 3.8) is 0 Å². The van der Waals surface area contributed by atoms with E-state index in [4.69, 9.17) is 14.2 Å². The van der Waals surface area contributed by atoms with Gasteiger partial charge in [-0.2, -0.15) is 0 Å². The molecule has 0 fully saturated rings. The third-order valence-electron chi connectivity index (χ3n) is 6.53. The monoisotopic (exact) mass is 587 g/mol. The highest BCUT2D eigenvalue weighted by Crippen LogP contribution is 2.41. The number of allylic oxidation sites excluding steroid dienone is 1. The number of hydrogen-bond acceptors (Lipinski definition) is 8. The van der Waals surface area contributed by atoms with Crippen molar-refractivity contribution >= 4 is 35.1 Å². The van der Waals surface area contributed by atoms with Gasteiger partial charge in [-0.25, -0.2) is 28.3 Å². The van der Waals surface area contributed by atoms with Crippen LogP contribution in [0.15, 0.2) is 12.1 Å². The molecule has 0 spiro atoms. The fourth-order valence-corrected chi connectivity index (χ4v) is 4.63. The molecule has 1 N–H and O–H groups in total. The van der Waals surface area contributed by atoms with E-state index in [0.717, 1.165) is 4.90 Å². The van der Waals surface area contributed by atoms with Crippen LogP contribution in [0.1, 0.15) is 71.3 Å². The van der Waals surface area contributed by atoms with E-state index in [-0.39, 0.29) is 35.1 Å². The van der Waals surface area contributed by atoms with Gasteiger partial charge in [0.15, 0.2) is 23.2 Å². The van der Waals surface area contributed by atoms with E-state index in [2.05, 4.69) is 15.3 Å². The Morgan fingerprint density at radius 2 is 1.74 bits per heavy atom. The second-order valence-electron chi connectivity index (χ2n) is 12.4. The van der Waals surface area contributed by atoms with Crippen LogP contribution in [0.4, 0.5) is 35.7 Å². The summed E-state index contributed by atoms with van der Waals surface area (Å²) in [6.45, 7) is 13.1. The number of halogens is 2. The van der Waals surface area contributed by atoms with E-state index < -0.39 is 35.0 Å². The zero-order valence-electron chi connectivity index (χ0n) is 25.5. The number of ether oxygens (including phenoxy) is 3. The van der Waals surface area contributed by atoms with Gasteiger partial charge in [-0.1, -0.05) is 6.08 Å². The lowest BCUT2D eigenvalue weighted by molar-refractivity contribution is 0.0273. The van der Waals surface area contributed by atoms with Gasteiger partial charge in [0.05, 0.1) is 29.2 Å². The highest BCUT2D eigenvalue weighted by molar-refractivity contribution is 5.88. The lowest BCUT2D eigenvalue weighted by Crippen LogP contribution is -2.37. The summed E-state index contributed by atoms with van der Waals surface area (Å²) in [5, 5.41) is 2.89. The van der Waals surface area contributed by atoms with Crippen molar-refractivity contribution < 1.29 is 32.6 Å². The van der Waals surface area contributed by atoms with Crippen molar-refractivity contribution in [2.24, 2.45) is 0 Å². The van der Waals surface area contributed by atoms with Crippen molar-refractivity contribution in [2.75, 3.05) is 37.0 Å². The van der Waals surface area contributed by atoms with Gasteiger partial charge >= 0.3 is 12.2 Å². The molecule has 0 unspecified atom stereocenters. The van der Waals surface area contributed by atoms with Gasteiger partial charge in [0.1, 0.15) is 17.0 Å². The van der Waals surface area contributed by atoms with Crippen LogP contribution in [0.25, 0.3) is 5.57 Å². The molecule has 12 heteroatoms. The number of amides is 2. The Morgan fingerprint density at radius 1 is 1.05 bits per heavy atom. The number of aryl methyl sites for hydroxylation is 1. The number of pyridine rings is 2. The Bertz CT molecular complexity index is 1410. The molecule has 0 saturated carbocycles. The lowest BCUT2D eigenvalue weighted by atomic mass is 9.99. The number of nitrogens with zero attached hydrogens (tertiary/aromatic N) is 4. The number of fused-ring (bicyclic) bond motifs is 1. The Labute approximate surface area is 245 Å². The van der Waals surface area contributed by atoms with Crippen LogP contribution in [-0.2, 0) is 15.9 Å². The van der Waals surface area contributed by atoms with E-state index in [1.165, 1.54) is 20.0 Å². The maximum Gasteiger partial charge on any atom is 0.414 e. The van der Waals surface area contributed by atoms with E-state index >= 15 is 8.78 Å². The molecule has 2 amide bonds. The molecule has 4 rings (SSSR count). The number of carbonyl (C=O) groups is 2. The number of anilines is 3. The Kier molecular flexibility index (Phi) is 8.65. The van der Waals surface area contributed by atoms with Crippen LogP contribution >= 0.6 is 0 Å². The fraction of sp³-hybridized carbons (Fsp3) is 0.533. The minimum absolute atomic E-state index is 0.00393. The maximum absolute atomic E-state index is 16.2. The van der Waals surface area contributed by atoms with Gasteiger partial charge in [0.2, 0.25) is 0 Å². The molecular formula is C30H39F2N5O5. The topological polar surface area (TPSA) is 106 Å². The molecule has 0 radical (unpaired) electrons. The van der Waals surface area contributed by atoms with Crippen molar-refractivity contribution in [1.29, 1.82) is 0 Å². The molecule has 0 atom stereocenters. The second kappa shape index (κ2) is 11.7. The quantitative estimate of drug-likeness (QED) is 0.431. The van der Waals surface area contributed by atoms with Crippen molar-refractivity contribution in [2.45, 2.75) is 78.9 Å². The van der Waals surface area contributed by atoms with E-state index in [0.29, 0.717) is 49.4 Å². The van der Waals surface area contributed by atoms with Crippen molar-refractivity contribution in [1.82, 2.24) is 14.9 Å². The number of carbonyl (C=O) groups excluding carboxylic acids is 2. The molecule has 42 heavy (non-hydrogen) atoms. The van der Waals surface area contributed by atoms with Crippen molar-refractivity contribution in [3.05, 3.63) is 40.7 Å². The zero-order chi connectivity index (χ0) is 31.0. The molecule has 2 aliphatic heterocycles. The first-order chi connectivity index (χ1) is 19.5. The highest BCUT2D eigenvalue weighted by Gasteiger charge is 2.30. The standard InChI is InChI=1S/C30H39F2N5O5/c1-17-23(31)20(36(8)27(38)41-29(2,3)4)16-21(33-17)35-26-24(32)22(25-19(34-26)12-15-40-25)18-10-9-13-37(14-11-18)28(39)42-30(5,6)7/h11,16H,9-10,12-15H2,1-8H3,(H,33,34,35). The largest absolute Gasteiger partial charge is 0.491 e. The summed E-state index contributed by atoms with van der Waals surface area (Å²) in [5.41, 5.74) is 0.0517. The molecule has 2 aliphatic rings. The SMILES string of the molecule is Cc1nc(Nc2nc3c(c(C4=CCN(C(=O)OC(C)(C)C)CCC4)c2F)OCC3)cc(N(C)C(=O)OC(C)(C)C)c1F. The minimum atomic E-state index is -0.780. The van der Waals surface area contributed by atoms with E-state index in [1.54, 1.807) is 25.7 Å². The molecule has 228 valence electrons. The van der Waals surface area contributed by atoms with Gasteiger partial charge in [0.25, 0.3) is 0 Å². The summed E-state index contributed by atoms with van der Waals surface area (Å²) < 4.78 is 48.0. The van der Waals surface area contributed by atoms with Crippen molar-refractivity contribution in [3.8, 4) is 5.75 Å². The summed E-state index contributed by atoms with van der Waals surface area (Å²) >= 11 is 0. The fourth-order valence-electron chi connectivity index (χ4n) is 4.63. The van der Waals surface area contributed by atoms with Gasteiger partial charge in [0, 0.05) is 32.6 Å². The molecule has 0 aromatic carbocycles. The number of aromatic nitrogens is 2. The smallest absolute Gasteiger partial charge is 0.414 e. The molecule has 0 bridgehead atoms.